The number of rotatable bonds is 5. The standard InChI is InChI=1S/C27H22O8/c1-31-15-6-4-14(5-7-15)19-13-34-27-24-18(17-9-8-16(32-2)10-21(17)33-3)11-23(29)35-22(24)12-20(28)25(27)26(19)30/h4-10,12-13,18,28H,11H2,1-3H3/t18-/m1/s1. The molecule has 1 aliphatic heterocycles. The molecule has 0 saturated carbocycles. The molecule has 5 rings (SSSR count). The third-order valence-corrected chi connectivity index (χ3v) is 6.19. The van der Waals surface area contributed by atoms with Crippen molar-refractivity contribution in [1.29, 1.82) is 0 Å². The van der Waals surface area contributed by atoms with Gasteiger partial charge in [-0.1, -0.05) is 18.2 Å². The van der Waals surface area contributed by atoms with E-state index in [9.17, 15) is 14.7 Å². The average Bonchev–Trinajstić information content (AvgIpc) is 2.87. The molecule has 35 heavy (non-hydrogen) atoms. The fourth-order valence-electron chi connectivity index (χ4n) is 4.47. The Kier molecular flexibility index (Phi) is 5.56. The predicted molar refractivity (Wildman–Crippen MR) is 128 cm³/mol. The molecule has 178 valence electrons. The Labute approximate surface area is 200 Å². The highest BCUT2D eigenvalue weighted by Crippen LogP contribution is 2.48. The van der Waals surface area contributed by atoms with Crippen LogP contribution in [0.2, 0.25) is 0 Å². The Balaban J connectivity index is 1.74. The van der Waals surface area contributed by atoms with Gasteiger partial charge >= 0.3 is 5.97 Å². The number of hydrogen-bond acceptors (Lipinski definition) is 8. The molecule has 0 radical (unpaired) electrons. The second-order valence-electron chi connectivity index (χ2n) is 8.06. The summed E-state index contributed by atoms with van der Waals surface area (Å²) in [5.41, 5.74) is 1.81. The number of esters is 1. The van der Waals surface area contributed by atoms with Gasteiger partial charge in [0.25, 0.3) is 0 Å². The number of carbonyl (C=O) groups excluding carboxylic acids is 1. The quantitative estimate of drug-likeness (QED) is 0.330. The molecule has 1 aliphatic rings. The molecule has 8 heteroatoms. The van der Waals surface area contributed by atoms with Gasteiger partial charge in [0.2, 0.25) is 5.43 Å². The zero-order valence-electron chi connectivity index (χ0n) is 19.3. The van der Waals surface area contributed by atoms with E-state index in [1.165, 1.54) is 19.4 Å². The lowest BCUT2D eigenvalue weighted by Crippen LogP contribution is -2.22. The van der Waals surface area contributed by atoms with Crippen LogP contribution >= 0.6 is 0 Å². The molecule has 0 unspecified atom stereocenters. The minimum Gasteiger partial charge on any atom is -0.507 e. The molecule has 0 saturated heterocycles. The lowest BCUT2D eigenvalue weighted by molar-refractivity contribution is -0.135. The molecule has 3 aromatic carbocycles. The van der Waals surface area contributed by atoms with Gasteiger partial charge in [0.15, 0.2) is 0 Å². The Morgan fingerprint density at radius 1 is 0.914 bits per heavy atom. The first-order valence-corrected chi connectivity index (χ1v) is 10.8. The molecule has 0 aliphatic carbocycles. The summed E-state index contributed by atoms with van der Waals surface area (Å²) in [5, 5.41) is 10.8. The SMILES string of the molecule is COc1ccc(-c2coc3c4c(cc(O)c3c2=O)OC(=O)C[C@@H]4c2ccc(OC)cc2OC)cc1. The van der Waals surface area contributed by atoms with Crippen LogP contribution in [0.5, 0.6) is 28.7 Å². The van der Waals surface area contributed by atoms with Crippen LogP contribution in [0.1, 0.15) is 23.5 Å². The van der Waals surface area contributed by atoms with E-state index >= 15 is 0 Å². The summed E-state index contributed by atoms with van der Waals surface area (Å²) in [6.07, 6.45) is 1.35. The Morgan fingerprint density at radius 2 is 1.63 bits per heavy atom. The number of phenolic OH excluding ortho intramolecular Hbond substituents is 1. The van der Waals surface area contributed by atoms with Gasteiger partial charge in [-0.2, -0.15) is 0 Å². The predicted octanol–water partition coefficient (Wildman–Crippen LogP) is 4.63. The lowest BCUT2D eigenvalue weighted by atomic mass is 9.84. The molecule has 4 aromatic rings. The van der Waals surface area contributed by atoms with Crippen molar-refractivity contribution >= 4 is 16.9 Å². The van der Waals surface area contributed by atoms with Crippen LogP contribution in [-0.4, -0.2) is 32.4 Å². The number of ether oxygens (including phenoxy) is 4. The third-order valence-electron chi connectivity index (χ3n) is 6.19. The number of methoxy groups -OCH3 is 3. The third kappa shape index (κ3) is 3.73. The molecule has 0 amide bonds. The molecule has 0 bridgehead atoms. The summed E-state index contributed by atoms with van der Waals surface area (Å²) in [6, 6.07) is 13.5. The molecule has 0 fully saturated rings. The average molecular weight is 474 g/mol. The number of fused-ring (bicyclic) bond motifs is 3. The van der Waals surface area contributed by atoms with Crippen molar-refractivity contribution in [2.45, 2.75) is 12.3 Å². The van der Waals surface area contributed by atoms with Crippen molar-refractivity contribution in [2.75, 3.05) is 21.3 Å². The van der Waals surface area contributed by atoms with Crippen LogP contribution in [0, 0.1) is 0 Å². The molecule has 1 aromatic heterocycles. The Bertz CT molecular complexity index is 1500. The molecular formula is C27H22O8. The van der Waals surface area contributed by atoms with Gasteiger partial charge < -0.3 is 28.5 Å². The minimum atomic E-state index is -0.537. The Morgan fingerprint density at radius 3 is 2.31 bits per heavy atom. The summed E-state index contributed by atoms with van der Waals surface area (Å²) in [5.74, 6) is 0.534. The van der Waals surface area contributed by atoms with Crippen LogP contribution in [0.3, 0.4) is 0 Å². The largest absolute Gasteiger partial charge is 0.507 e. The van der Waals surface area contributed by atoms with E-state index in [0.29, 0.717) is 33.9 Å². The van der Waals surface area contributed by atoms with Gasteiger partial charge in [-0.15, -0.1) is 0 Å². The first-order valence-electron chi connectivity index (χ1n) is 10.8. The van der Waals surface area contributed by atoms with Crippen LogP contribution in [0.25, 0.3) is 22.1 Å². The summed E-state index contributed by atoms with van der Waals surface area (Å²) in [7, 11) is 4.63. The number of phenols is 1. The monoisotopic (exact) mass is 474 g/mol. The maximum absolute atomic E-state index is 13.5. The normalized spacial score (nSPS) is 14.8. The number of aromatic hydroxyl groups is 1. The zero-order chi connectivity index (χ0) is 24.7. The van der Waals surface area contributed by atoms with Crippen molar-refractivity contribution in [3.8, 4) is 39.9 Å². The smallest absolute Gasteiger partial charge is 0.312 e. The summed E-state index contributed by atoms with van der Waals surface area (Å²) >= 11 is 0. The van der Waals surface area contributed by atoms with Crippen molar-refractivity contribution in [3.63, 3.8) is 0 Å². The van der Waals surface area contributed by atoms with E-state index in [2.05, 4.69) is 0 Å². The molecule has 1 N–H and O–H groups in total. The summed E-state index contributed by atoms with van der Waals surface area (Å²) in [6.45, 7) is 0. The molecule has 0 spiro atoms. The van der Waals surface area contributed by atoms with E-state index in [4.69, 9.17) is 23.4 Å². The summed E-state index contributed by atoms with van der Waals surface area (Å²) < 4.78 is 27.4. The van der Waals surface area contributed by atoms with E-state index in [-0.39, 0.29) is 34.5 Å². The highest BCUT2D eigenvalue weighted by Gasteiger charge is 2.35. The van der Waals surface area contributed by atoms with Gasteiger partial charge in [0.05, 0.1) is 33.3 Å². The lowest BCUT2D eigenvalue weighted by Gasteiger charge is -2.27. The van der Waals surface area contributed by atoms with E-state index in [1.54, 1.807) is 56.7 Å². The maximum Gasteiger partial charge on any atom is 0.312 e. The van der Waals surface area contributed by atoms with Crippen molar-refractivity contribution in [3.05, 3.63) is 76.1 Å². The fraction of sp³-hybridized carbons (Fsp3) is 0.185. The van der Waals surface area contributed by atoms with Crippen LogP contribution in [0.15, 0.2) is 64.0 Å². The molecule has 8 nitrogen and oxygen atoms in total. The first-order chi connectivity index (χ1) is 16.9. The number of carbonyl (C=O) groups is 1. The van der Waals surface area contributed by atoms with Crippen LogP contribution in [-0.2, 0) is 4.79 Å². The fourth-order valence-corrected chi connectivity index (χ4v) is 4.47. The maximum atomic E-state index is 13.5. The van der Waals surface area contributed by atoms with E-state index in [0.717, 1.165) is 0 Å². The van der Waals surface area contributed by atoms with Gasteiger partial charge in [-0.25, -0.2) is 0 Å². The van der Waals surface area contributed by atoms with Crippen molar-refractivity contribution in [1.82, 2.24) is 0 Å². The van der Waals surface area contributed by atoms with Crippen molar-refractivity contribution in [2.24, 2.45) is 0 Å². The second-order valence-corrected chi connectivity index (χ2v) is 8.06. The van der Waals surface area contributed by atoms with E-state index in [1.807, 2.05) is 0 Å². The second kappa shape index (κ2) is 8.72. The van der Waals surface area contributed by atoms with Crippen molar-refractivity contribution < 1.29 is 33.3 Å². The number of benzene rings is 3. The Hall–Kier alpha value is -4.46. The van der Waals surface area contributed by atoms with E-state index < -0.39 is 17.3 Å². The topological polar surface area (TPSA) is 104 Å². The van der Waals surface area contributed by atoms with Gasteiger partial charge in [-0.3, -0.25) is 9.59 Å². The molecule has 2 heterocycles. The molecule has 1 atom stereocenters. The highest BCUT2D eigenvalue weighted by molar-refractivity contribution is 5.94. The van der Waals surface area contributed by atoms with Crippen LogP contribution < -0.4 is 24.4 Å². The van der Waals surface area contributed by atoms with Crippen LogP contribution in [0.4, 0.5) is 0 Å². The summed E-state index contributed by atoms with van der Waals surface area (Å²) in [4.78, 5) is 26.0. The highest BCUT2D eigenvalue weighted by atomic mass is 16.5. The van der Waals surface area contributed by atoms with Gasteiger partial charge in [0, 0.05) is 29.2 Å². The first kappa shape index (κ1) is 22.3. The van der Waals surface area contributed by atoms with Gasteiger partial charge in [0.1, 0.15) is 46.0 Å². The number of hydrogen-bond donors (Lipinski definition) is 1. The molecular weight excluding hydrogens is 452 g/mol. The zero-order valence-corrected chi connectivity index (χ0v) is 19.3. The van der Waals surface area contributed by atoms with Gasteiger partial charge in [-0.05, 0) is 23.8 Å². The minimum absolute atomic E-state index is 0.000490.